The van der Waals surface area contributed by atoms with Crippen LogP contribution in [0.1, 0.15) is 13.8 Å². The van der Waals surface area contributed by atoms with Crippen LogP contribution in [0.3, 0.4) is 0 Å². The molecule has 1 rings (SSSR count). The molecular formula is C7H14N2O4. The molecule has 1 heterocycles. The summed E-state index contributed by atoms with van der Waals surface area (Å²) in [5.74, 6) is -1.13. The van der Waals surface area contributed by atoms with Crippen molar-refractivity contribution >= 4 is 11.9 Å². The predicted molar refractivity (Wildman–Crippen MR) is 43.9 cm³/mol. The van der Waals surface area contributed by atoms with E-state index in [4.69, 9.17) is 20.8 Å². The lowest BCUT2D eigenvalue weighted by molar-refractivity contribution is -0.158. The maximum Gasteiger partial charge on any atom is 0.300 e. The van der Waals surface area contributed by atoms with Crippen LogP contribution >= 0.6 is 0 Å². The summed E-state index contributed by atoms with van der Waals surface area (Å²) in [6, 6.07) is -0.505. The van der Waals surface area contributed by atoms with Crippen LogP contribution in [0.15, 0.2) is 0 Å². The van der Waals surface area contributed by atoms with E-state index in [0.717, 1.165) is 6.92 Å². The number of carboxylic acids is 1. The van der Waals surface area contributed by atoms with Gasteiger partial charge in [-0.2, -0.15) is 0 Å². The van der Waals surface area contributed by atoms with Gasteiger partial charge in [-0.05, 0) is 0 Å². The molecule has 0 bridgehead atoms. The number of hydrogen-bond acceptors (Lipinski definition) is 4. The SMILES string of the molecule is CC(=O)O.C[C@H]1CN(O)C(=O)[C@H]1N. The summed E-state index contributed by atoms with van der Waals surface area (Å²) in [5, 5.41) is 16.8. The summed E-state index contributed by atoms with van der Waals surface area (Å²) in [5.41, 5.74) is 5.36. The molecule has 6 nitrogen and oxygen atoms in total. The molecule has 0 aromatic heterocycles. The summed E-state index contributed by atoms with van der Waals surface area (Å²) in [6.45, 7) is 3.28. The van der Waals surface area contributed by atoms with E-state index in [0.29, 0.717) is 11.6 Å². The first-order chi connectivity index (χ1) is 5.86. The highest BCUT2D eigenvalue weighted by molar-refractivity contribution is 5.82. The van der Waals surface area contributed by atoms with Gasteiger partial charge in [0.25, 0.3) is 11.9 Å². The van der Waals surface area contributed by atoms with Gasteiger partial charge in [-0.15, -0.1) is 0 Å². The van der Waals surface area contributed by atoms with Crippen LogP contribution in [0.25, 0.3) is 0 Å². The summed E-state index contributed by atoms with van der Waals surface area (Å²) in [6.07, 6.45) is 0. The molecule has 0 unspecified atom stereocenters. The number of carbonyl (C=O) groups is 2. The molecule has 6 heteroatoms. The predicted octanol–water partition coefficient (Wildman–Crippen LogP) is -0.728. The number of amides is 1. The Labute approximate surface area is 75.9 Å². The third-order valence-electron chi connectivity index (χ3n) is 1.61. The van der Waals surface area contributed by atoms with Crippen molar-refractivity contribution in [2.24, 2.45) is 11.7 Å². The minimum atomic E-state index is -0.833. The zero-order chi connectivity index (χ0) is 10.6. The van der Waals surface area contributed by atoms with Gasteiger partial charge in [0.1, 0.15) is 0 Å². The highest BCUT2D eigenvalue weighted by atomic mass is 16.5. The fourth-order valence-electron chi connectivity index (χ4n) is 0.892. The molecule has 1 aliphatic rings. The molecule has 4 N–H and O–H groups in total. The van der Waals surface area contributed by atoms with Gasteiger partial charge in [-0.25, -0.2) is 5.06 Å². The van der Waals surface area contributed by atoms with E-state index in [1.165, 1.54) is 0 Å². The lowest BCUT2D eigenvalue weighted by Crippen LogP contribution is -2.33. The normalized spacial score (nSPS) is 26.8. The first-order valence-corrected chi connectivity index (χ1v) is 3.81. The van der Waals surface area contributed by atoms with E-state index in [2.05, 4.69) is 0 Å². The zero-order valence-corrected chi connectivity index (χ0v) is 7.60. The Hall–Kier alpha value is -1.14. The second kappa shape index (κ2) is 4.78. The number of nitrogens with two attached hydrogens (primary N) is 1. The fourth-order valence-corrected chi connectivity index (χ4v) is 0.892. The van der Waals surface area contributed by atoms with E-state index in [-0.39, 0.29) is 11.8 Å². The lowest BCUT2D eigenvalue weighted by atomic mass is 10.1. The Morgan fingerprint density at radius 1 is 1.69 bits per heavy atom. The quantitative estimate of drug-likeness (QED) is 0.437. The Balaban J connectivity index is 0.000000310. The monoisotopic (exact) mass is 190 g/mol. The van der Waals surface area contributed by atoms with Gasteiger partial charge >= 0.3 is 0 Å². The fraction of sp³-hybridized carbons (Fsp3) is 0.714. The van der Waals surface area contributed by atoms with Crippen molar-refractivity contribution in [3.8, 4) is 0 Å². The molecule has 1 fully saturated rings. The molecule has 0 aromatic rings. The molecule has 0 aromatic carbocycles. The molecule has 76 valence electrons. The molecule has 2 atom stereocenters. The highest BCUT2D eigenvalue weighted by Crippen LogP contribution is 2.12. The number of hydroxylamine groups is 2. The minimum Gasteiger partial charge on any atom is -0.481 e. The number of carbonyl (C=O) groups excluding carboxylic acids is 1. The average Bonchev–Trinajstić information content (AvgIpc) is 2.17. The van der Waals surface area contributed by atoms with Crippen molar-refractivity contribution in [3.63, 3.8) is 0 Å². The molecule has 0 saturated carbocycles. The van der Waals surface area contributed by atoms with Gasteiger partial charge in [-0.1, -0.05) is 6.92 Å². The third-order valence-corrected chi connectivity index (χ3v) is 1.61. The zero-order valence-electron chi connectivity index (χ0n) is 7.60. The molecule has 1 amide bonds. The third kappa shape index (κ3) is 3.86. The van der Waals surface area contributed by atoms with E-state index >= 15 is 0 Å². The maximum absolute atomic E-state index is 10.7. The second-order valence-corrected chi connectivity index (χ2v) is 2.94. The molecule has 0 aliphatic carbocycles. The van der Waals surface area contributed by atoms with Gasteiger partial charge in [0.2, 0.25) is 0 Å². The number of nitrogens with zero attached hydrogens (tertiary/aromatic N) is 1. The number of carboxylic acid groups (broad SMARTS) is 1. The number of hydrogen-bond donors (Lipinski definition) is 3. The standard InChI is InChI=1S/C5H10N2O2.C2H4O2/c1-3-2-7(9)5(8)4(3)6;1-2(3)4/h3-4,9H,2,6H2,1H3;1H3,(H,3,4)/t3-,4-;/m0./s1. The summed E-state index contributed by atoms with van der Waals surface area (Å²) in [4.78, 5) is 19.7. The lowest BCUT2D eigenvalue weighted by Gasteiger charge is -2.02. The van der Waals surface area contributed by atoms with Crippen LogP contribution in [0, 0.1) is 5.92 Å². The van der Waals surface area contributed by atoms with Crippen molar-refractivity contribution in [1.82, 2.24) is 5.06 Å². The van der Waals surface area contributed by atoms with Crippen molar-refractivity contribution in [2.45, 2.75) is 19.9 Å². The largest absolute Gasteiger partial charge is 0.481 e. The molecule has 1 saturated heterocycles. The van der Waals surface area contributed by atoms with Gasteiger partial charge < -0.3 is 10.8 Å². The van der Waals surface area contributed by atoms with E-state index in [1.807, 2.05) is 6.92 Å². The van der Waals surface area contributed by atoms with Crippen molar-refractivity contribution in [1.29, 1.82) is 0 Å². The summed E-state index contributed by atoms with van der Waals surface area (Å²) in [7, 11) is 0. The van der Waals surface area contributed by atoms with E-state index in [9.17, 15) is 4.79 Å². The van der Waals surface area contributed by atoms with Crippen molar-refractivity contribution < 1.29 is 19.9 Å². The Morgan fingerprint density at radius 3 is 2.15 bits per heavy atom. The molecule has 0 radical (unpaired) electrons. The van der Waals surface area contributed by atoms with Crippen LogP contribution in [0.4, 0.5) is 0 Å². The average molecular weight is 190 g/mol. The molecular weight excluding hydrogens is 176 g/mol. The van der Waals surface area contributed by atoms with Crippen LogP contribution in [0.5, 0.6) is 0 Å². The molecule has 13 heavy (non-hydrogen) atoms. The topological polar surface area (TPSA) is 104 Å². The van der Waals surface area contributed by atoms with Crippen LogP contribution in [-0.2, 0) is 9.59 Å². The van der Waals surface area contributed by atoms with Gasteiger partial charge in [0.15, 0.2) is 0 Å². The van der Waals surface area contributed by atoms with E-state index in [1.54, 1.807) is 0 Å². The maximum atomic E-state index is 10.7. The Morgan fingerprint density at radius 2 is 2.08 bits per heavy atom. The van der Waals surface area contributed by atoms with Crippen molar-refractivity contribution in [3.05, 3.63) is 0 Å². The van der Waals surface area contributed by atoms with E-state index < -0.39 is 12.0 Å². The van der Waals surface area contributed by atoms with Crippen LogP contribution in [0.2, 0.25) is 0 Å². The first-order valence-electron chi connectivity index (χ1n) is 3.81. The second-order valence-electron chi connectivity index (χ2n) is 2.94. The number of aliphatic carboxylic acids is 1. The molecule has 1 aliphatic heterocycles. The molecule has 0 spiro atoms. The Kier molecular flexibility index (Phi) is 4.36. The number of rotatable bonds is 0. The summed E-state index contributed by atoms with van der Waals surface area (Å²) >= 11 is 0. The highest BCUT2D eigenvalue weighted by Gasteiger charge is 2.33. The van der Waals surface area contributed by atoms with Crippen LogP contribution in [-0.4, -0.2) is 39.8 Å². The minimum absolute atomic E-state index is 0.0718. The van der Waals surface area contributed by atoms with Gasteiger partial charge in [-0.3, -0.25) is 14.8 Å². The van der Waals surface area contributed by atoms with Crippen LogP contribution < -0.4 is 5.73 Å². The van der Waals surface area contributed by atoms with Crippen molar-refractivity contribution in [2.75, 3.05) is 6.54 Å². The first kappa shape index (κ1) is 11.9. The van der Waals surface area contributed by atoms with Gasteiger partial charge in [0, 0.05) is 12.8 Å². The smallest absolute Gasteiger partial charge is 0.300 e. The van der Waals surface area contributed by atoms with Gasteiger partial charge in [0.05, 0.1) is 12.6 Å². The Bertz CT molecular complexity index is 203. The summed E-state index contributed by atoms with van der Waals surface area (Å²) < 4.78 is 0.